The smallest absolute Gasteiger partial charge is 0.329 e. The van der Waals surface area contributed by atoms with Gasteiger partial charge in [-0.15, -0.1) is 6.42 Å². The molecule has 2 N–H and O–H groups in total. The number of hydrogen-bond acceptors (Lipinski definition) is 3. The summed E-state index contributed by atoms with van der Waals surface area (Å²) < 4.78 is 4.96. The Balaban J connectivity index is 2.67. The highest BCUT2D eigenvalue weighted by atomic mass is 16.5. The number of ether oxygens (including phenoxy) is 1. The topological polar surface area (TPSA) is 75.6 Å². The van der Waals surface area contributed by atoms with E-state index in [0.29, 0.717) is 6.41 Å². The van der Waals surface area contributed by atoms with Gasteiger partial charge in [-0.05, 0) is 17.7 Å². The van der Waals surface area contributed by atoms with Crippen LogP contribution in [0, 0.1) is 12.3 Å². The average molecular weight is 247 g/mol. The van der Waals surface area contributed by atoms with Crippen molar-refractivity contribution in [1.29, 1.82) is 0 Å². The molecule has 1 amide bonds. The summed E-state index contributed by atoms with van der Waals surface area (Å²) in [6.07, 6.45) is 5.78. The van der Waals surface area contributed by atoms with Crippen LogP contribution in [0.25, 0.3) is 0 Å². The molecule has 0 spiro atoms. The lowest BCUT2D eigenvalue weighted by Crippen LogP contribution is -2.25. The summed E-state index contributed by atoms with van der Waals surface area (Å²) in [4.78, 5) is 20.8. The van der Waals surface area contributed by atoms with Crippen molar-refractivity contribution in [1.82, 2.24) is 5.32 Å². The Morgan fingerprint density at radius 2 is 2.17 bits per heavy atom. The molecule has 0 radical (unpaired) electrons. The molecule has 0 saturated carbocycles. The number of carbonyl (C=O) groups excluding carboxylic acids is 1. The van der Waals surface area contributed by atoms with Gasteiger partial charge in [-0.25, -0.2) is 4.79 Å². The number of benzene rings is 1. The zero-order valence-corrected chi connectivity index (χ0v) is 9.63. The molecule has 1 rings (SSSR count). The fraction of sp³-hybridized carbons (Fsp3) is 0.231. The minimum absolute atomic E-state index is 0.0838. The molecule has 1 unspecified atom stereocenters. The molecule has 0 heterocycles. The Hall–Kier alpha value is -2.32. The van der Waals surface area contributed by atoms with Crippen LogP contribution in [0.15, 0.2) is 24.3 Å². The predicted octanol–water partition coefficient (Wildman–Crippen LogP) is 0.556. The average Bonchev–Trinajstić information content (AvgIpc) is 2.37. The monoisotopic (exact) mass is 247 g/mol. The number of rotatable bonds is 7. The van der Waals surface area contributed by atoms with Gasteiger partial charge in [0, 0.05) is 5.56 Å². The standard InChI is InChI=1S/C13H13NO4/c1-2-10-3-5-11(6-4-10)12(14-9-15)7-18-8-13(16)17/h1,3-6,9,12H,7-8H2,(H,14,15)(H,16,17). The number of carboxylic acids is 1. The number of carbonyl (C=O) groups is 2. The molecule has 5 heteroatoms. The zero-order valence-electron chi connectivity index (χ0n) is 9.63. The molecule has 1 aromatic rings. The molecule has 18 heavy (non-hydrogen) atoms. The van der Waals surface area contributed by atoms with Crippen molar-refractivity contribution < 1.29 is 19.4 Å². The SMILES string of the molecule is C#Cc1ccc(C(COCC(=O)O)NC=O)cc1. The summed E-state index contributed by atoms with van der Waals surface area (Å²) in [6.45, 7) is -0.320. The van der Waals surface area contributed by atoms with E-state index >= 15 is 0 Å². The van der Waals surface area contributed by atoms with Crippen LogP contribution in [0.3, 0.4) is 0 Å². The molecular formula is C13H13NO4. The van der Waals surface area contributed by atoms with Crippen LogP contribution in [-0.2, 0) is 14.3 Å². The molecule has 5 nitrogen and oxygen atoms in total. The largest absolute Gasteiger partial charge is 0.480 e. The summed E-state index contributed by atoms with van der Waals surface area (Å²) in [5, 5.41) is 11.0. The predicted molar refractivity (Wildman–Crippen MR) is 64.8 cm³/mol. The molecule has 0 fully saturated rings. The van der Waals surface area contributed by atoms with Crippen molar-refractivity contribution in [2.75, 3.05) is 13.2 Å². The molecule has 0 aliphatic rings. The van der Waals surface area contributed by atoms with Gasteiger partial charge in [-0.2, -0.15) is 0 Å². The number of terminal acetylenes is 1. The quantitative estimate of drug-likeness (QED) is 0.545. The van der Waals surface area contributed by atoms with Crippen LogP contribution in [0.5, 0.6) is 0 Å². The van der Waals surface area contributed by atoms with Gasteiger partial charge in [0.05, 0.1) is 12.6 Å². The molecule has 94 valence electrons. The third-order valence-electron chi connectivity index (χ3n) is 2.26. The third-order valence-corrected chi connectivity index (χ3v) is 2.26. The van der Waals surface area contributed by atoms with Crippen molar-refractivity contribution >= 4 is 12.4 Å². The van der Waals surface area contributed by atoms with Crippen LogP contribution in [-0.4, -0.2) is 30.7 Å². The normalized spacial score (nSPS) is 11.3. The van der Waals surface area contributed by atoms with E-state index in [9.17, 15) is 9.59 Å². The first-order valence-electron chi connectivity index (χ1n) is 5.23. The van der Waals surface area contributed by atoms with Crippen LogP contribution in [0.4, 0.5) is 0 Å². The molecule has 0 saturated heterocycles. The minimum atomic E-state index is -1.05. The van der Waals surface area contributed by atoms with Crippen molar-refractivity contribution in [3.8, 4) is 12.3 Å². The molecular weight excluding hydrogens is 234 g/mol. The van der Waals surface area contributed by atoms with Crippen molar-refractivity contribution in [3.63, 3.8) is 0 Å². The minimum Gasteiger partial charge on any atom is -0.480 e. The first kappa shape index (κ1) is 13.7. The Morgan fingerprint density at radius 3 is 2.67 bits per heavy atom. The number of aliphatic carboxylic acids is 1. The van der Waals surface area contributed by atoms with Crippen molar-refractivity contribution in [2.24, 2.45) is 0 Å². The van der Waals surface area contributed by atoms with Gasteiger partial charge in [-0.1, -0.05) is 18.1 Å². The Labute approximate surface area is 105 Å². The maximum Gasteiger partial charge on any atom is 0.329 e. The highest BCUT2D eigenvalue weighted by Gasteiger charge is 2.11. The second-order valence-corrected chi connectivity index (χ2v) is 3.51. The summed E-state index contributed by atoms with van der Waals surface area (Å²) in [5.74, 6) is 1.43. The van der Waals surface area contributed by atoms with Gasteiger partial charge in [0.1, 0.15) is 6.61 Å². The lowest BCUT2D eigenvalue weighted by molar-refractivity contribution is -0.142. The maximum absolute atomic E-state index is 10.5. The molecule has 1 atom stereocenters. The van der Waals surface area contributed by atoms with Gasteiger partial charge in [-0.3, -0.25) is 4.79 Å². The summed E-state index contributed by atoms with van der Waals surface area (Å²) in [7, 11) is 0. The first-order chi connectivity index (χ1) is 8.67. The van der Waals surface area contributed by atoms with Gasteiger partial charge in [0.15, 0.2) is 0 Å². The number of amides is 1. The van der Waals surface area contributed by atoms with Gasteiger partial charge in [0.25, 0.3) is 0 Å². The van der Waals surface area contributed by atoms with E-state index in [1.807, 2.05) is 0 Å². The molecule has 0 aliphatic carbocycles. The number of nitrogens with one attached hydrogen (secondary N) is 1. The van der Waals surface area contributed by atoms with E-state index in [1.165, 1.54) is 0 Å². The lowest BCUT2D eigenvalue weighted by Gasteiger charge is -2.16. The molecule has 1 aromatic carbocycles. The maximum atomic E-state index is 10.5. The fourth-order valence-electron chi connectivity index (χ4n) is 1.40. The van der Waals surface area contributed by atoms with E-state index in [2.05, 4.69) is 11.2 Å². The Kier molecular flexibility index (Phi) is 5.42. The van der Waals surface area contributed by atoms with Crippen LogP contribution < -0.4 is 5.32 Å². The Morgan fingerprint density at radius 1 is 1.50 bits per heavy atom. The van der Waals surface area contributed by atoms with Crippen LogP contribution in [0.2, 0.25) is 0 Å². The highest BCUT2D eigenvalue weighted by Crippen LogP contribution is 2.13. The lowest BCUT2D eigenvalue weighted by atomic mass is 10.1. The van der Waals surface area contributed by atoms with E-state index in [0.717, 1.165) is 11.1 Å². The van der Waals surface area contributed by atoms with Gasteiger partial charge < -0.3 is 15.2 Å². The summed E-state index contributed by atoms with van der Waals surface area (Å²) in [5.41, 5.74) is 1.53. The van der Waals surface area contributed by atoms with Crippen molar-refractivity contribution in [3.05, 3.63) is 35.4 Å². The van der Waals surface area contributed by atoms with E-state index < -0.39 is 18.6 Å². The molecule has 0 aliphatic heterocycles. The first-order valence-corrected chi connectivity index (χ1v) is 5.23. The fourth-order valence-corrected chi connectivity index (χ4v) is 1.40. The van der Waals surface area contributed by atoms with E-state index in [4.69, 9.17) is 16.3 Å². The number of hydrogen-bond donors (Lipinski definition) is 2. The van der Waals surface area contributed by atoms with E-state index in [-0.39, 0.29) is 6.61 Å². The van der Waals surface area contributed by atoms with E-state index in [1.54, 1.807) is 24.3 Å². The third kappa shape index (κ3) is 4.28. The second kappa shape index (κ2) is 7.09. The van der Waals surface area contributed by atoms with Crippen LogP contribution >= 0.6 is 0 Å². The summed E-state index contributed by atoms with van der Waals surface area (Å²) >= 11 is 0. The zero-order chi connectivity index (χ0) is 13.4. The van der Waals surface area contributed by atoms with Gasteiger partial charge >= 0.3 is 5.97 Å². The molecule has 0 aromatic heterocycles. The Bertz CT molecular complexity index is 447. The van der Waals surface area contributed by atoms with Gasteiger partial charge in [0.2, 0.25) is 6.41 Å². The van der Waals surface area contributed by atoms with Crippen molar-refractivity contribution in [2.45, 2.75) is 6.04 Å². The second-order valence-electron chi connectivity index (χ2n) is 3.51. The highest BCUT2D eigenvalue weighted by molar-refractivity contribution is 5.68. The summed E-state index contributed by atoms with van der Waals surface area (Å²) in [6, 6.07) is 6.62. The molecule has 0 bridgehead atoms. The number of carboxylic acid groups (broad SMARTS) is 1. The van der Waals surface area contributed by atoms with Crippen LogP contribution in [0.1, 0.15) is 17.2 Å².